The lowest BCUT2D eigenvalue weighted by Gasteiger charge is -2.34. The van der Waals surface area contributed by atoms with E-state index in [1.807, 2.05) is 36.4 Å². The molecule has 2 amide bonds. The topological polar surface area (TPSA) is 67.9 Å². The van der Waals surface area contributed by atoms with Crippen molar-refractivity contribution >= 4 is 23.2 Å². The molecule has 3 rings (SSSR count). The Morgan fingerprint density at radius 1 is 1.21 bits per heavy atom. The van der Waals surface area contributed by atoms with Crippen LogP contribution in [0.5, 0.6) is 11.5 Å². The Balaban J connectivity index is 1.62. The quantitative estimate of drug-likeness (QED) is 0.789. The van der Waals surface area contributed by atoms with Crippen molar-refractivity contribution in [2.24, 2.45) is 5.92 Å². The van der Waals surface area contributed by atoms with Gasteiger partial charge in [0.1, 0.15) is 11.5 Å². The highest BCUT2D eigenvalue weighted by atomic mass is 16.5. The molecule has 148 valence electrons. The lowest BCUT2D eigenvalue weighted by molar-refractivity contribution is -0.125. The summed E-state index contributed by atoms with van der Waals surface area (Å²) in [7, 11) is 0. The molecule has 0 saturated heterocycles. The average Bonchev–Trinajstić information content (AvgIpc) is 2.66. The molecule has 1 unspecified atom stereocenters. The third kappa shape index (κ3) is 4.82. The molecule has 1 heterocycles. The van der Waals surface area contributed by atoms with Crippen molar-refractivity contribution in [2.75, 3.05) is 23.4 Å². The van der Waals surface area contributed by atoms with E-state index in [2.05, 4.69) is 19.2 Å². The summed E-state index contributed by atoms with van der Waals surface area (Å²) in [6.07, 6.45) is -0.308. The largest absolute Gasteiger partial charge is 0.493 e. The molecule has 28 heavy (non-hydrogen) atoms. The summed E-state index contributed by atoms with van der Waals surface area (Å²) in [5.41, 5.74) is 1.37. The molecule has 0 aliphatic carbocycles. The highest BCUT2D eigenvalue weighted by Gasteiger charge is 2.31. The molecule has 0 saturated carbocycles. The third-order valence-electron chi connectivity index (χ3n) is 4.34. The van der Waals surface area contributed by atoms with Crippen LogP contribution in [0.15, 0.2) is 48.5 Å². The Morgan fingerprint density at radius 3 is 2.68 bits per heavy atom. The number of rotatable bonds is 7. The Kier molecular flexibility index (Phi) is 6.19. The molecule has 1 atom stereocenters. The van der Waals surface area contributed by atoms with E-state index >= 15 is 0 Å². The average molecular weight is 382 g/mol. The molecule has 6 nitrogen and oxygen atoms in total. The van der Waals surface area contributed by atoms with Crippen LogP contribution in [-0.4, -0.2) is 31.1 Å². The van der Waals surface area contributed by atoms with Crippen molar-refractivity contribution in [1.29, 1.82) is 0 Å². The van der Waals surface area contributed by atoms with E-state index in [0.29, 0.717) is 30.5 Å². The van der Waals surface area contributed by atoms with Gasteiger partial charge in [0.05, 0.1) is 18.7 Å². The van der Waals surface area contributed by atoms with Crippen molar-refractivity contribution in [3.8, 4) is 11.5 Å². The first kappa shape index (κ1) is 19.7. The summed E-state index contributed by atoms with van der Waals surface area (Å²) in [4.78, 5) is 26.4. The van der Waals surface area contributed by atoms with E-state index in [0.717, 1.165) is 11.4 Å². The standard InChI is InChI=1S/C22H26N2O4/c1-15(2)14-24-19-10-9-17(13-20(19)28-16(3)22(24)26)23-21(25)11-12-27-18-7-5-4-6-8-18/h4-10,13,15-16H,11-12,14H2,1-3H3,(H,23,25). The predicted octanol–water partition coefficient (Wildman–Crippen LogP) is 3.86. The minimum atomic E-state index is -0.545. The van der Waals surface area contributed by atoms with Crippen molar-refractivity contribution in [1.82, 2.24) is 0 Å². The zero-order chi connectivity index (χ0) is 20.1. The summed E-state index contributed by atoms with van der Waals surface area (Å²) >= 11 is 0. The normalized spacial score (nSPS) is 15.8. The summed E-state index contributed by atoms with van der Waals surface area (Å²) in [5, 5.41) is 2.86. The summed E-state index contributed by atoms with van der Waals surface area (Å²) in [6.45, 7) is 6.80. The molecule has 1 aliphatic heterocycles. The van der Waals surface area contributed by atoms with E-state index in [1.165, 1.54) is 0 Å². The highest BCUT2D eigenvalue weighted by Crippen LogP contribution is 2.36. The molecule has 1 N–H and O–H groups in total. The molecule has 6 heteroatoms. The second-order valence-corrected chi connectivity index (χ2v) is 7.24. The van der Waals surface area contributed by atoms with Crippen LogP contribution in [0, 0.1) is 5.92 Å². The molecule has 2 aromatic carbocycles. The maximum atomic E-state index is 12.4. The van der Waals surface area contributed by atoms with Crippen molar-refractivity contribution < 1.29 is 19.1 Å². The molecule has 0 fully saturated rings. The molecular formula is C22H26N2O4. The van der Waals surface area contributed by atoms with E-state index in [-0.39, 0.29) is 18.2 Å². The lowest BCUT2D eigenvalue weighted by atomic mass is 10.1. The van der Waals surface area contributed by atoms with Crippen molar-refractivity contribution in [2.45, 2.75) is 33.3 Å². The fraction of sp³-hybridized carbons (Fsp3) is 0.364. The Morgan fingerprint density at radius 2 is 1.96 bits per heavy atom. The number of hydrogen-bond acceptors (Lipinski definition) is 4. The van der Waals surface area contributed by atoms with Gasteiger partial charge in [-0.1, -0.05) is 32.0 Å². The monoisotopic (exact) mass is 382 g/mol. The number of benzene rings is 2. The number of ether oxygens (including phenoxy) is 2. The minimum Gasteiger partial charge on any atom is -0.493 e. The van der Waals surface area contributed by atoms with Gasteiger partial charge in [-0.2, -0.15) is 0 Å². The fourth-order valence-electron chi connectivity index (χ4n) is 3.04. The van der Waals surface area contributed by atoms with E-state index in [1.54, 1.807) is 24.0 Å². The van der Waals surface area contributed by atoms with Crippen molar-refractivity contribution in [3.05, 3.63) is 48.5 Å². The van der Waals surface area contributed by atoms with Crippen LogP contribution in [0.25, 0.3) is 0 Å². The van der Waals surface area contributed by atoms with Gasteiger partial charge in [-0.15, -0.1) is 0 Å². The summed E-state index contributed by atoms with van der Waals surface area (Å²) in [6, 6.07) is 14.8. The van der Waals surface area contributed by atoms with E-state index in [4.69, 9.17) is 9.47 Å². The van der Waals surface area contributed by atoms with Crippen LogP contribution in [-0.2, 0) is 9.59 Å². The van der Waals surface area contributed by atoms with Gasteiger partial charge in [0.15, 0.2) is 6.10 Å². The van der Waals surface area contributed by atoms with Crippen molar-refractivity contribution in [3.63, 3.8) is 0 Å². The lowest BCUT2D eigenvalue weighted by Crippen LogP contribution is -2.46. The number of para-hydroxylation sites is 1. The molecule has 1 aliphatic rings. The van der Waals surface area contributed by atoms with Crippen LogP contribution >= 0.6 is 0 Å². The smallest absolute Gasteiger partial charge is 0.267 e. The van der Waals surface area contributed by atoms with Crippen LogP contribution in [0.2, 0.25) is 0 Å². The Hall–Kier alpha value is -3.02. The van der Waals surface area contributed by atoms with Crippen LogP contribution < -0.4 is 19.7 Å². The molecular weight excluding hydrogens is 356 g/mol. The second kappa shape index (κ2) is 8.78. The van der Waals surface area contributed by atoms with Gasteiger partial charge < -0.3 is 19.7 Å². The number of amides is 2. The minimum absolute atomic E-state index is 0.0453. The molecule has 0 spiro atoms. The number of fused-ring (bicyclic) bond motifs is 1. The predicted molar refractivity (Wildman–Crippen MR) is 109 cm³/mol. The first-order valence-electron chi connectivity index (χ1n) is 9.54. The van der Waals surface area contributed by atoms with Gasteiger partial charge in [0, 0.05) is 18.3 Å². The highest BCUT2D eigenvalue weighted by molar-refractivity contribution is 6.00. The SMILES string of the molecule is CC(C)CN1C(=O)C(C)Oc2cc(NC(=O)CCOc3ccccc3)ccc21. The Bertz CT molecular complexity index is 836. The van der Waals surface area contributed by atoms with Gasteiger partial charge in [-0.05, 0) is 37.1 Å². The zero-order valence-electron chi connectivity index (χ0n) is 16.5. The number of nitrogens with zero attached hydrogens (tertiary/aromatic N) is 1. The maximum Gasteiger partial charge on any atom is 0.267 e. The second-order valence-electron chi connectivity index (χ2n) is 7.24. The zero-order valence-corrected chi connectivity index (χ0v) is 16.5. The molecule has 0 aromatic heterocycles. The van der Waals surface area contributed by atoms with Crippen LogP contribution in [0.1, 0.15) is 27.2 Å². The number of hydrogen-bond donors (Lipinski definition) is 1. The molecule has 0 bridgehead atoms. The first-order chi connectivity index (χ1) is 13.4. The first-order valence-corrected chi connectivity index (χ1v) is 9.54. The van der Waals surface area contributed by atoms with Gasteiger partial charge >= 0.3 is 0 Å². The van der Waals surface area contributed by atoms with E-state index in [9.17, 15) is 9.59 Å². The summed E-state index contributed by atoms with van der Waals surface area (Å²) in [5.74, 6) is 1.49. The van der Waals surface area contributed by atoms with Gasteiger partial charge in [0.2, 0.25) is 5.91 Å². The third-order valence-corrected chi connectivity index (χ3v) is 4.34. The van der Waals surface area contributed by atoms with Gasteiger partial charge in [0.25, 0.3) is 5.91 Å². The van der Waals surface area contributed by atoms with Crippen LogP contribution in [0.3, 0.4) is 0 Å². The van der Waals surface area contributed by atoms with Gasteiger partial charge in [-0.25, -0.2) is 0 Å². The number of carbonyl (C=O) groups excluding carboxylic acids is 2. The molecule has 0 radical (unpaired) electrons. The van der Waals surface area contributed by atoms with E-state index < -0.39 is 6.10 Å². The maximum absolute atomic E-state index is 12.4. The number of carbonyl (C=O) groups is 2. The van der Waals surface area contributed by atoms with Crippen LogP contribution in [0.4, 0.5) is 11.4 Å². The number of anilines is 2. The molecule has 2 aromatic rings. The Labute approximate surface area is 165 Å². The number of nitrogens with one attached hydrogen (secondary N) is 1. The summed E-state index contributed by atoms with van der Waals surface area (Å²) < 4.78 is 11.3. The fourth-order valence-corrected chi connectivity index (χ4v) is 3.04. The van der Waals surface area contributed by atoms with Gasteiger partial charge in [-0.3, -0.25) is 9.59 Å².